The number of rotatable bonds is 2. The SMILES string of the molecule is [2H]c1c([2H])c([2H])c(C(=O)c2cc(Cl)ccc2N)c([2H])c1[2H]. The lowest BCUT2D eigenvalue weighted by Gasteiger charge is -2.05. The summed E-state index contributed by atoms with van der Waals surface area (Å²) in [5.74, 6) is -0.757. The zero-order valence-electron chi connectivity index (χ0n) is 13.1. The van der Waals surface area contributed by atoms with Crippen LogP contribution in [0.4, 0.5) is 5.69 Å². The van der Waals surface area contributed by atoms with Crippen LogP contribution < -0.4 is 5.73 Å². The second-order valence-corrected chi connectivity index (χ2v) is 3.50. The Kier molecular flexibility index (Phi) is 1.66. The molecular weight excluding hydrogens is 222 g/mol. The van der Waals surface area contributed by atoms with Crippen molar-refractivity contribution in [1.82, 2.24) is 0 Å². The average Bonchev–Trinajstić information content (AvgIpc) is 2.45. The Morgan fingerprint density at radius 2 is 1.94 bits per heavy atom. The largest absolute Gasteiger partial charge is 0.398 e. The number of hydrogen-bond acceptors (Lipinski definition) is 2. The normalized spacial score (nSPS) is 14.4. The molecule has 0 saturated carbocycles. The fraction of sp³-hybridized carbons (Fsp3) is 0. The Morgan fingerprint density at radius 1 is 1.25 bits per heavy atom. The minimum Gasteiger partial charge on any atom is -0.398 e. The molecule has 2 rings (SSSR count). The van der Waals surface area contributed by atoms with Gasteiger partial charge in [-0.05, 0) is 18.2 Å². The minimum atomic E-state index is -0.757. The van der Waals surface area contributed by atoms with Crippen LogP contribution in [0.1, 0.15) is 22.8 Å². The molecule has 0 aliphatic carbocycles. The zero-order chi connectivity index (χ0) is 15.9. The maximum absolute atomic E-state index is 12.5. The molecule has 0 atom stereocenters. The van der Waals surface area contributed by atoms with Crippen molar-refractivity contribution < 1.29 is 11.6 Å². The minimum absolute atomic E-state index is 0.000954. The first-order valence-corrected chi connectivity index (χ1v) is 4.80. The number of nitrogen functional groups attached to an aromatic ring is 1. The van der Waals surface area contributed by atoms with Gasteiger partial charge in [0.15, 0.2) is 5.78 Å². The number of benzene rings is 2. The van der Waals surface area contributed by atoms with Crippen molar-refractivity contribution in [2.45, 2.75) is 0 Å². The molecule has 0 saturated heterocycles. The van der Waals surface area contributed by atoms with E-state index in [0.717, 1.165) is 0 Å². The van der Waals surface area contributed by atoms with E-state index in [1.54, 1.807) is 0 Å². The first-order valence-electron chi connectivity index (χ1n) is 6.92. The van der Waals surface area contributed by atoms with Gasteiger partial charge in [-0.2, -0.15) is 0 Å². The molecule has 2 nitrogen and oxygen atoms in total. The Bertz CT molecular complexity index is 734. The molecule has 0 amide bonds. The van der Waals surface area contributed by atoms with Crippen LogP contribution in [-0.4, -0.2) is 5.78 Å². The highest BCUT2D eigenvalue weighted by atomic mass is 35.5. The Morgan fingerprint density at radius 3 is 2.62 bits per heavy atom. The van der Waals surface area contributed by atoms with Crippen LogP contribution in [0.3, 0.4) is 0 Å². The molecule has 0 spiro atoms. The molecule has 16 heavy (non-hydrogen) atoms. The number of carbonyl (C=O) groups excluding carboxylic acids is 1. The number of hydrogen-bond donors (Lipinski definition) is 1. The third-order valence-corrected chi connectivity index (χ3v) is 2.22. The highest BCUT2D eigenvalue weighted by Gasteiger charge is 2.12. The number of anilines is 1. The van der Waals surface area contributed by atoms with E-state index in [-0.39, 0.29) is 16.3 Å². The lowest BCUT2D eigenvalue weighted by Crippen LogP contribution is -2.04. The van der Waals surface area contributed by atoms with Gasteiger partial charge < -0.3 is 5.73 Å². The van der Waals surface area contributed by atoms with Gasteiger partial charge in [0, 0.05) is 21.8 Å². The molecule has 0 radical (unpaired) electrons. The van der Waals surface area contributed by atoms with Gasteiger partial charge in [0.1, 0.15) is 0 Å². The second-order valence-electron chi connectivity index (χ2n) is 3.06. The fourth-order valence-electron chi connectivity index (χ4n) is 1.22. The summed E-state index contributed by atoms with van der Waals surface area (Å²) in [6.45, 7) is 0. The lowest BCUT2D eigenvalue weighted by molar-refractivity contribution is 0.103. The summed E-state index contributed by atoms with van der Waals surface area (Å²) in [6, 6.07) is 1.40. The fourth-order valence-corrected chi connectivity index (χ4v) is 1.40. The maximum atomic E-state index is 12.5. The quantitative estimate of drug-likeness (QED) is 0.643. The van der Waals surface area contributed by atoms with E-state index in [1.165, 1.54) is 18.2 Å². The van der Waals surface area contributed by atoms with E-state index < -0.39 is 41.6 Å². The number of ketones is 1. The zero-order valence-corrected chi connectivity index (χ0v) is 8.85. The van der Waals surface area contributed by atoms with Crippen molar-refractivity contribution in [1.29, 1.82) is 0 Å². The van der Waals surface area contributed by atoms with E-state index in [0.29, 0.717) is 0 Å². The van der Waals surface area contributed by atoms with E-state index >= 15 is 0 Å². The van der Waals surface area contributed by atoms with Gasteiger partial charge in [0.05, 0.1) is 6.85 Å². The molecular formula is C13H10ClNO. The van der Waals surface area contributed by atoms with Crippen LogP contribution in [0.25, 0.3) is 0 Å². The monoisotopic (exact) mass is 236 g/mol. The van der Waals surface area contributed by atoms with Crippen LogP contribution in [0, 0.1) is 0 Å². The molecule has 80 valence electrons. The summed E-state index contributed by atoms with van der Waals surface area (Å²) < 4.78 is 38.2. The number of nitrogens with two attached hydrogens (primary N) is 1. The molecule has 2 aromatic carbocycles. The molecule has 0 aliphatic heterocycles. The Balaban J connectivity index is 2.73. The summed E-state index contributed by atoms with van der Waals surface area (Å²) >= 11 is 5.81. The Hall–Kier alpha value is -1.80. The smallest absolute Gasteiger partial charge is 0.195 e. The van der Waals surface area contributed by atoms with Crippen molar-refractivity contribution in [3.8, 4) is 0 Å². The lowest BCUT2D eigenvalue weighted by atomic mass is 10.0. The third kappa shape index (κ3) is 2.07. The number of carbonyl (C=O) groups is 1. The predicted octanol–water partition coefficient (Wildman–Crippen LogP) is 3.15. The van der Waals surface area contributed by atoms with Crippen molar-refractivity contribution in [2.75, 3.05) is 5.73 Å². The molecule has 0 fully saturated rings. The van der Waals surface area contributed by atoms with Gasteiger partial charge in [-0.25, -0.2) is 0 Å². The topological polar surface area (TPSA) is 43.1 Å². The average molecular weight is 237 g/mol. The Labute approximate surface area is 106 Å². The summed E-state index contributed by atoms with van der Waals surface area (Å²) in [7, 11) is 0. The highest BCUT2D eigenvalue weighted by Crippen LogP contribution is 2.20. The molecule has 0 bridgehead atoms. The van der Waals surface area contributed by atoms with Crippen LogP contribution in [0.15, 0.2) is 48.4 Å². The van der Waals surface area contributed by atoms with Crippen LogP contribution in [-0.2, 0) is 0 Å². The van der Waals surface area contributed by atoms with E-state index in [2.05, 4.69) is 0 Å². The standard InChI is InChI=1S/C13H10ClNO/c14-10-6-7-12(15)11(8-10)13(16)9-4-2-1-3-5-9/h1-8H,15H2/i1D,2D,3D,4D,5D. The molecule has 0 aromatic heterocycles. The molecule has 2 N–H and O–H groups in total. The van der Waals surface area contributed by atoms with Crippen molar-refractivity contribution >= 4 is 23.1 Å². The summed E-state index contributed by atoms with van der Waals surface area (Å²) in [4.78, 5) is 12.5. The van der Waals surface area contributed by atoms with E-state index in [9.17, 15) is 4.79 Å². The summed E-state index contributed by atoms with van der Waals surface area (Å²) in [5, 5.41) is 0.264. The van der Waals surface area contributed by atoms with Crippen LogP contribution >= 0.6 is 11.6 Å². The first kappa shape index (κ1) is 6.06. The van der Waals surface area contributed by atoms with Gasteiger partial charge in [0.2, 0.25) is 0 Å². The van der Waals surface area contributed by atoms with E-state index in [4.69, 9.17) is 24.2 Å². The molecule has 3 heteroatoms. The maximum Gasteiger partial charge on any atom is 0.195 e. The first-order chi connectivity index (χ1) is 9.75. The van der Waals surface area contributed by atoms with Gasteiger partial charge in [-0.1, -0.05) is 41.8 Å². The van der Waals surface area contributed by atoms with Gasteiger partial charge in [-0.15, -0.1) is 0 Å². The van der Waals surface area contributed by atoms with Crippen LogP contribution in [0.5, 0.6) is 0 Å². The van der Waals surface area contributed by atoms with E-state index in [1.807, 2.05) is 0 Å². The molecule has 0 heterocycles. The predicted molar refractivity (Wildman–Crippen MR) is 65.7 cm³/mol. The molecule has 0 unspecified atom stereocenters. The second kappa shape index (κ2) is 4.37. The van der Waals surface area contributed by atoms with Crippen molar-refractivity contribution in [3.63, 3.8) is 0 Å². The molecule has 2 aromatic rings. The van der Waals surface area contributed by atoms with Crippen molar-refractivity contribution in [3.05, 3.63) is 64.6 Å². The summed E-state index contributed by atoms with van der Waals surface area (Å²) in [5.41, 5.74) is 5.40. The van der Waals surface area contributed by atoms with Crippen molar-refractivity contribution in [2.24, 2.45) is 0 Å². The van der Waals surface area contributed by atoms with Gasteiger partial charge >= 0.3 is 0 Å². The third-order valence-electron chi connectivity index (χ3n) is 1.99. The molecule has 0 aliphatic rings. The van der Waals surface area contributed by atoms with Crippen LogP contribution in [0.2, 0.25) is 5.02 Å². The van der Waals surface area contributed by atoms with Gasteiger partial charge in [-0.3, -0.25) is 4.79 Å². The summed E-state index contributed by atoms with van der Waals surface area (Å²) in [6.07, 6.45) is 0. The highest BCUT2D eigenvalue weighted by molar-refractivity contribution is 6.31. The van der Waals surface area contributed by atoms with Gasteiger partial charge in [0.25, 0.3) is 0 Å². The number of halogens is 1.